The van der Waals surface area contributed by atoms with Crippen LogP contribution in [0, 0.1) is 0 Å². The lowest BCUT2D eigenvalue weighted by Gasteiger charge is -2.32. The van der Waals surface area contributed by atoms with Crippen molar-refractivity contribution in [3.63, 3.8) is 0 Å². The SMILES string of the molecule is O=C(c1cc(-c2cccs2)on1)N1CCCC(Oc2cnccn2)C1. The van der Waals surface area contributed by atoms with Gasteiger partial charge in [0.25, 0.3) is 5.91 Å². The Kier molecular flexibility index (Phi) is 4.43. The van der Waals surface area contributed by atoms with E-state index in [9.17, 15) is 4.79 Å². The van der Waals surface area contributed by atoms with Crippen molar-refractivity contribution in [3.05, 3.63) is 47.9 Å². The Morgan fingerprint density at radius 1 is 1.40 bits per heavy atom. The molecule has 1 aliphatic rings. The Balaban J connectivity index is 1.43. The Morgan fingerprint density at radius 3 is 3.16 bits per heavy atom. The maximum Gasteiger partial charge on any atom is 0.276 e. The first-order valence-electron chi connectivity index (χ1n) is 8.02. The van der Waals surface area contributed by atoms with E-state index in [0.29, 0.717) is 30.4 Å². The molecule has 4 heterocycles. The molecular formula is C17H16N4O3S. The topological polar surface area (TPSA) is 81.4 Å². The zero-order chi connectivity index (χ0) is 17.1. The van der Waals surface area contributed by atoms with E-state index in [2.05, 4.69) is 15.1 Å². The van der Waals surface area contributed by atoms with Crippen LogP contribution in [0.5, 0.6) is 5.88 Å². The predicted octanol–water partition coefficient (Wildman–Crippen LogP) is 2.88. The van der Waals surface area contributed by atoms with Crippen molar-refractivity contribution in [2.75, 3.05) is 13.1 Å². The second kappa shape index (κ2) is 7.02. The van der Waals surface area contributed by atoms with Gasteiger partial charge in [-0.3, -0.25) is 9.78 Å². The number of ether oxygens (including phenoxy) is 1. The zero-order valence-corrected chi connectivity index (χ0v) is 14.2. The van der Waals surface area contributed by atoms with Gasteiger partial charge in [-0.2, -0.15) is 0 Å². The molecule has 1 saturated heterocycles. The van der Waals surface area contributed by atoms with Crippen LogP contribution in [0.3, 0.4) is 0 Å². The van der Waals surface area contributed by atoms with Gasteiger partial charge in [0.2, 0.25) is 5.88 Å². The summed E-state index contributed by atoms with van der Waals surface area (Å²) in [5.41, 5.74) is 0.323. The number of piperidine rings is 1. The number of carbonyl (C=O) groups is 1. The van der Waals surface area contributed by atoms with Gasteiger partial charge in [0, 0.05) is 25.0 Å². The first kappa shape index (κ1) is 15.8. The third-order valence-electron chi connectivity index (χ3n) is 3.99. The molecule has 7 nitrogen and oxygen atoms in total. The van der Waals surface area contributed by atoms with Gasteiger partial charge < -0.3 is 14.2 Å². The predicted molar refractivity (Wildman–Crippen MR) is 91.4 cm³/mol. The third kappa shape index (κ3) is 3.53. The molecule has 3 aromatic heterocycles. The lowest BCUT2D eigenvalue weighted by Crippen LogP contribution is -2.44. The highest BCUT2D eigenvalue weighted by molar-refractivity contribution is 7.13. The van der Waals surface area contributed by atoms with Crippen molar-refractivity contribution in [2.45, 2.75) is 18.9 Å². The number of aromatic nitrogens is 3. The van der Waals surface area contributed by atoms with Crippen molar-refractivity contribution < 1.29 is 14.1 Å². The third-order valence-corrected chi connectivity index (χ3v) is 4.87. The van der Waals surface area contributed by atoms with Gasteiger partial charge in [-0.1, -0.05) is 11.2 Å². The summed E-state index contributed by atoms with van der Waals surface area (Å²) in [5, 5.41) is 5.89. The van der Waals surface area contributed by atoms with Crippen molar-refractivity contribution in [3.8, 4) is 16.5 Å². The molecule has 25 heavy (non-hydrogen) atoms. The van der Waals surface area contributed by atoms with Crippen molar-refractivity contribution >= 4 is 17.2 Å². The lowest BCUT2D eigenvalue weighted by molar-refractivity contribution is 0.0518. The minimum absolute atomic E-state index is 0.0990. The maximum absolute atomic E-state index is 12.7. The number of hydrogen-bond acceptors (Lipinski definition) is 7. The second-order valence-corrected chi connectivity index (χ2v) is 6.68. The fourth-order valence-electron chi connectivity index (χ4n) is 2.81. The second-order valence-electron chi connectivity index (χ2n) is 5.73. The van der Waals surface area contributed by atoms with Gasteiger partial charge in [-0.25, -0.2) is 4.98 Å². The van der Waals surface area contributed by atoms with Crippen LogP contribution in [-0.2, 0) is 0 Å². The Bertz CT molecular complexity index is 835. The molecule has 0 N–H and O–H groups in total. The molecule has 0 spiro atoms. The summed E-state index contributed by atoms with van der Waals surface area (Å²) in [6.07, 6.45) is 6.40. The molecule has 0 radical (unpaired) electrons. The number of thiophene rings is 1. The first-order chi connectivity index (χ1) is 12.3. The van der Waals surface area contributed by atoms with E-state index in [1.165, 1.54) is 0 Å². The average molecular weight is 356 g/mol. The van der Waals surface area contributed by atoms with Gasteiger partial charge >= 0.3 is 0 Å². The summed E-state index contributed by atoms with van der Waals surface area (Å²) < 4.78 is 11.1. The molecule has 1 aliphatic heterocycles. The van der Waals surface area contributed by atoms with E-state index in [4.69, 9.17) is 9.26 Å². The highest BCUT2D eigenvalue weighted by atomic mass is 32.1. The standard InChI is InChI=1S/C17H16N4O3S/c22-17(13-9-14(24-20-13)15-4-2-8-25-15)21-7-1-3-12(11-21)23-16-10-18-5-6-19-16/h2,4-6,8-10,12H,1,3,7,11H2. The van der Waals surface area contributed by atoms with Gasteiger partial charge in [-0.05, 0) is 24.3 Å². The zero-order valence-electron chi connectivity index (χ0n) is 13.4. The molecule has 0 saturated carbocycles. The number of nitrogens with zero attached hydrogens (tertiary/aromatic N) is 4. The summed E-state index contributed by atoms with van der Waals surface area (Å²) in [6.45, 7) is 1.18. The number of likely N-dealkylation sites (tertiary alicyclic amines) is 1. The number of amides is 1. The van der Waals surface area contributed by atoms with E-state index in [-0.39, 0.29) is 12.0 Å². The van der Waals surface area contributed by atoms with Crippen LogP contribution >= 0.6 is 11.3 Å². The van der Waals surface area contributed by atoms with Gasteiger partial charge in [-0.15, -0.1) is 11.3 Å². The van der Waals surface area contributed by atoms with Crippen molar-refractivity contribution in [1.29, 1.82) is 0 Å². The minimum atomic E-state index is -0.140. The van der Waals surface area contributed by atoms with Crippen LogP contribution in [0.1, 0.15) is 23.3 Å². The fraction of sp³-hybridized carbons (Fsp3) is 0.294. The van der Waals surface area contributed by atoms with Crippen LogP contribution in [0.4, 0.5) is 0 Å². The number of rotatable bonds is 4. The van der Waals surface area contributed by atoms with E-state index >= 15 is 0 Å². The number of carbonyl (C=O) groups excluding carboxylic acids is 1. The van der Waals surface area contributed by atoms with E-state index in [0.717, 1.165) is 17.7 Å². The molecule has 0 bridgehead atoms. The summed E-state index contributed by atoms with van der Waals surface area (Å²) in [7, 11) is 0. The molecule has 3 aromatic rings. The van der Waals surface area contributed by atoms with Crippen LogP contribution < -0.4 is 4.74 Å². The summed E-state index contributed by atoms with van der Waals surface area (Å²) in [5.74, 6) is 0.949. The van der Waals surface area contributed by atoms with Crippen LogP contribution in [-0.4, -0.2) is 45.1 Å². The largest absolute Gasteiger partial charge is 0.471 e. The first-order valence-corrected chi connectivity index (χ1v) is 8.90. The van der Waals surface area contributed by atoms with E-state index in [1.54, 1.807) is 40.9 Å². The van der Waals surface area contributed by atoms with Gasteiger partial charge in [0.15, 0.2) is 11.5 Å². The molecule has 1 amide bonds. The maximum atomic E-state index is 12.7. The quantitative estimate of drug-likeness (QED) is 0.715. The molecule has 1 unspecified atom stereocenters. The Labute approximate surface area is 148 Å². The van der Waals surface area contributed by atoms with Crippen molar-refractivity contribution in [2.24, 2.45) is 0 Å². The van der Waals surface area contributed by atoms with Crippen LogP contribution in [0.2, 0.25) is 0 Å². The molecule has 1 atom stereocenters. The molecule has 0 aliphatic carbocycles. The molecule has 0 aromatic carbocycles. The normalized spacial score (nSPS) is 17.4. The molecular weight excluding hydrogens is 340 g/mol. The van der Waals surface area contributed by atoms with Crippen molar-refractivity contribution in [1.82, 2.24) is 20.0 Å². The van der Waals surface area contributed by atoms with Crippen LogP contribution in [0.15, 0.2) is 46.7 Å². The summed E-state index contributed by atoms with van der Waals surface area (Å²) >= 11 is 1.55. The Morgan fingerprint density at radius 2 is 2.36 bits per heavy atom. The average Bonchev–Trinajstić information content (AvgIpc) is 3.34. The molecule has 4 rings (SSSR count). The van der Waals surface area contributed by atoms with Gasteiger partial charge in [0.1, 0.15) is 6.10 Å². The highest BCUT2D eigenvalue weighted by Gasteiger charge is 2.28. The molecule has 8 heteroatoms. The highest BCUT2D eigenvalue weighted by Crippen LogP contribution is 2.26. The summed E-state index contributed by atoms with van der Waals surface area (Å²) in [4.78, 5) is 23.5. The summed E-state index contributed by atoms with van der Waals surface area (Å²) in [6, 6.07) is 5.56. The monoisotopic (exact) mass is 356 g/mol. The van der Waals surface area contributed by atoms with Crippen LogP contribution in [0.25, 0.3) is 10.6 Å². The smallest absolute Gasteiger partial charge is 0.276 e. The van der Waals surface area contributed by atoms with E-state index < -0.39 is 0 Å². The molecule has 1 fully saturated rings. The van der Waals surface area contributed by atoms with E-state index in [1.807, 2.05) is 17.5 Å². The minimum Gasteiger partial charge on any atom is -0.471 e. The lowest BCUT2D eigenvalue weighted by atomic mass is 10.1. The fourth-order valence-corrected chi connectivity index (χ4v) is 3.48. The van der Waals surface area contributed by atoms with Gasteiger partial charge in [0.05, 0.1) is 17.6 Å². The molecule has 128 valence electrons. The number of hydrogen-bond donors (Lipinski definition) is 0. The Hall–Kier alpha value is -2.74.